The minimum atomic E-state index is -0.467. The lowest BCUT2D eigenvalue weighted by Crippen LogP contribution is -2.31. The third-order valence-electron chi connectivity index (χ3n) is 3.78. The zero-order valence-corrected chi connectivity index (χ0v) is 13.6. The van der Waals surface area contributed by atoms with E-state index in [1.807, 2.05) is 12.1 Å². The van der Waals surface area contributed by atoms with E-state index in [1.54, 1.807) is 0 Å². The molecule has 0 bridgehead atoms. The van der Waals surface area contributed by atoms with Crippen molar-refractivity contribution >= 4 is 27.1 Å². The Bertz CT molecular complexity index is 694. The Hall–Kier alpha value is -1.64. The van der Waals surface area contributed by atoms with Gasteiger partial charge in [0.25, 0.3) is 0 Å². The number of nitrogens with two attached hydrogens (primary N) is 1. The molecule has 3 rings (SSSR count). The van der Waals surface area contributed by atoms with Gasteiger partial charge >= 0.3 is 0 Å². The van der Waals surface area contributed by atoms with Crippen molar-refractivity contribution in [3.8, 4) is 0 Å². The summed E-state index contributed by atoms with van der Waals surface area (Å²) in [5.74, 6) is 0. The van der Waals surface area contributed by atoms with Crippen molar-refractivity contribution in [3.05, 3.63) is 83.4 Å². The van der Waals surface area contributed by atoms with Gasteiger partial charge in [-0.2, -0.15) is 0 Å². The second-order valence-corrected chi connectivity index (χ2v) is 7.04. The van der Waals surface area contributed by atoms with E-state index >= 15 is 0 Å². The maximum atomic E-state index is 6.27. The number of hydrogen-bond acceptors (Lipinski definition) is 1. The number of hydrogen-bond donors (Lipinski definition) is 1. The number of allylic oxidation sites excluding steroid dienone is 2. The third kappa shape index (κ3) is 3.17. The first-order valence-electron chi connectivity index (χ1n) is 7.08. The highest BCUT2D eigenvalue weighted by Gasteiger charge is 2.26. The lowest BCUT2D eigenvalue weighted by atomic mass is 9.86. The number of aryl methyl sites for hydroxylation is 1. The fourth-order valence-electron chi connectivity index (χ4n) is 2.65. The van der Waals surface area contributed by atoms with Crippen molar-refractivity contribution in [1.29, 1.82) is 0 Å². The highest BCUT2D eigenvalue weighted by molar-refractivity contribution is 9.10. The first kappa shape index (κ1) is 14.3. The van der Waals surface area contributed by atoms with Crippen LogP contribution in [0.4, 0.5) is 0 Å². The first-order chi connectivity index (χ1) is 10.1. The molecule has 2 aromatic carbocycles. The molecule has 1 aliphatic carbocycles. The van der Waals surface area contributed by atoms with E-state index in [0.717, 1.165) is 6.42 Å². The summed E-state index contributed by atoms with van der Waals surface area (Å²) in [5.41, 5.74) is 12.5. The van der Waals surface area contributed by atoms with Crippen LogP contribution in [0, 0.1) is 6.92 Å². The second-order valence-electron chi connectivity index (χ2n) is 5.56. The van der Waals surface area contributed by atoms with Gasteiger partial charge in [0, 0.05) is 6.42 Å². The largest absolute Gasteiger partial charge is 0.313 e. The van der Waals surface area contributed by atoms with Gasteiger partial charge in [0.15, 0.2) is 0 Å². The van der Waals surface area contributed by atoms with Gasteiger partial charge in [-0.15, -0.1) is 0 Å². The van der Waals surface area contributed by atoms with Crippen LogP contribution in [0.5, 0.6) is 0 Å². The number of alkyl halides is 1. The SMILES string of the molecule is Cc1ccc(C2=C(c3ccccc3)C=CC(N)(Br)C2)cc1. The van der Waals surface area contributed by atoms with Crippen molar-refractivity contribution in [1.82, 2.24) is 0 Å². The van der Waals surface area contributed by atoms with Crippen LogP contribution in [0.2, 0.25) is 0 Å². The molecular weight excluding hydrogens is 322 g/mol. The molecule has 0 aromatic heterocycles. The van der Waals surface area contributed by atoms with Gasteiger partial charge in [-0.25, -0.2) is 0 Å². The van der Waals surface area contributed by atoms with E-state index in [0.29, 0.717) is 0 Å². The summed E-state index contributed by atoms with van der Waals surface area (Å²) in [6.45, 7) is 2.11. The van der Waals surface area contributed by atoms with Crippen LogP contribution in [-0.4, -0.2) is 4.45 Å². The van der Waals surface area contributed by atoms with Crippen LogP contribution in [-0.2, 0) is 0 Å². The first-order valence-corrected chi connectivity index (χ1v) is 7.87. The van der Waals surface area contributed by atoms with Crippen LogP contribution in [0.1, 0.15) is 23.1 Å². The summed E-state index contributed by atoms with van der Waals surface area (Å²) >= 11 is 3.60. The van der Waals surface area contributed by atoms with Gasteiger partial charge in [-0.3, -0.25) is 0 Å². The normalized spacial score (nSPS) is 21.7. The summed E-state index contributed by atoms with van der Waals surface area (Å²) < 4.78 is -0.467. The molecule has 1 unspecified atom stereocenters. The highest BCUT2D eigenvalue weighted by atomic mass is 79.9. The Morgan fingerprint density at radius 2 is 1.62 bits per heavy atom. The number of benzene rings is 2. The maximum absolute atomic E-state index is 6.27. The predicted octanol–water partition coefficient (Wildman–Crippen LogP) is 4.92. The molecule has 21 heavy (non-hydrogen) atoms. The summed E-state index contributed by atoms with van der Waals surface area (Å²) in [4.78, 5) is 0. The third-order valence-corrected chi connectivity index (χ3v) is 4.33. The lowest BCUT2D eigenvalue weighted by Gasteiger charge is -2.27. The van der Waals surface area contributed by atoms with E-state index in [4.69, 9.17) is 5.73 Å². The van der Waals surface area contributed by atoms with Gasteiger partial charge in [0.05, 0.1) is 4.45 Å². The quantitative estimate of drug-likeness (QED) is 0.610. The van der Waals surface area contributed by atoms with Crippen LogP contribution >= 0.6 is 15.9 Å². The Labute approximate surface area is 134 Å². The Morgan fingerprint density at radius 3 is 2.29 bits per heavy atom. The van der Waals surface area contributed by atoms with Gasteiger partial charge in [0.1, 0.15) is 0 Å². The molecular formula is C19H18BrN. The minimum Gasteiger partial charge on any atom is -0.313 e. The van der Waals surface area contributed by atoms with Crippen LogP contribution in [0.15, 0.2) is 66.7 Å². The van der Waals surface area contributed by atoms with Gasteiger partial charge in [-0.1, -0.05) is 88.2 Å². The van der Waals surface area contributed by atoms with E-state index < -0.39 is 4.45 Å². The molecule has 2 N–H and O–H groups in total. The predicted molar refractivity (Wildman–Crippen MR) is 94.0 cm³/mol. The summed E-state index contributed by atoms with van der Waals surface area (Å²) in [7, 11) is 0. The second kappa shape index (κ2) is 5.63. The molecule has 0 fully saturated rings. The topological polar surface area (TPSA) is 26.0 Å². The molecule has 0 saturated heterocycles. The summed E-state index contributed by atoms with van der Waals surface area (Å²) in [6, 6.07) is 19.1. The number of halogens is 1. The van der Waals surface area contributed by atoms with Gasteiger partial charge < -0.3 is 5.73 Å². The molecule has 1 aliphatic rings. The molecule has 1 atom stereocenters. The molecule has 0 heterocycles. The zero-order chi connectivity index (χ0) is 14.9. The maximum Gasteiger partial charge on any atom is 0.0946 e. The Morgan fingerprint density at radius 1 is 0.952 bits per heavy atom. The number of rotatable bonds is 2. The van der Waals surface area contributed by atoms with Crippen LogP contribution < -0.4 is 5.73 Å². The molecule has 0 radical (unpaired) electrons. The molecule has 0 amide bonds. The van der Waals surface area contributed by atoms with E-state index in [2.05, 4.69) is 77.5 Å². The highest BCUT2D eigenvalue weighted by Crippen LogP contribution is 2.39. The summed E-state index contributed by atoms with van der Waals surface area (Å²) in [6.07, 6.45) is 4.94. The van der Waals surface area contributed by atoms with Crippen molar-refractivity contribution in [2.24, 2.45) is 5.73 Å². The Kier molecular flexibility index (Phi) is 3.83. The molecule has 106 valence electrons. The Balaban J connectivity index is 2.15. The van der Waals surface area contributed by atoms with E-state index in [9.17, 15) is 0 Å². The van der Waals surface area contributed by atoms with Crippen molar-refractivity contribution in [3.63, 3.8) is 0 Å². The fourth-order valence-corrected chi connectivity index (χ4v) is 3.06. The summed E-state index contributed by atoms with van der Waals surface area (Å²) in [5, 5.41) is 0. The van der Waals surface area contributed by atoms with E-state index in [-0.39, 0.29) is 0 Å². The average molecular weight is 340 g/mol. The molecule has 0 saturated carbocycles. The van der Waals surface area contributed by atoms with Gasteiger partial charge in [0.2, 0.25) is 0 Å². The molecule has 2 aromatic rings. The smallest absolute Gasteiger partial charge is 0.0946 e. The van der Waals surface area contributed by atoms with Crippen LogP contribution in [0.3, 0.4) is 0 Å². The standard InChI is InChI=1S/C19H18BrN/c1-14-7-9-16(10-8-14)18-13-19(20,21)12-11-17(18)15-5-3-2-4-6-15/h2-12H,13,21H2,1H3. The van der Waals surface area contributed by atoms with Crippen LogP contribution in [0.25, 0.3) is 11.1 Å². The molecule has 1 nitrogen and oxygen atoms in total. The lowest BCUT2D eigenvalue weighted by molar-refractivity contribution is 0.788. The fraction of sp³-hybridized carbons (Fsp3) is 0.158. The monoisotopic (exact) mass is 339 g/mol. The van der Waals surface area contributed by atoms with Gasteiger partial charge in [-0.05, 0) is 29.2 Å². The van der Waals surface area contributed by atoms with Crippen molar-refractivity contribution in [2.45, 2.75) is 17.8 Å². The molecule has 2 heteroatoms. The van der Waals surface area contributed by atoms with Crippen molar-refractivity contribution < 1.29 is 0 Å². The molecule has 0 aliphatic heterocycles. The zero-order valence-electron chi connectivity index (χ0n) is 12.0. The average Bonchev–Trinajstić information content (AvgIpc) is 2.48. The van der Waals surface area contributed by atoms with Crippen molar-refractivity contribution in [2.75, 3.05) is 0 Å². The molecule has 0 spiro atoms. The minimum absolute atomic E-state index is 0.467. The van der Waals surface area contributed by atoms with E-state index in [1.165, 1.54) is 27.8 Å².